The van der Waals surface area contributed by atoms with E-state index in [9.17, 15) is 4.79 Å². The summed E-state index contributed by atoms with van der Waals surface area (Å²) >= 11 is 0. The molecule has 1 fully saturated rings. The van der Waals surface area contributed by atoms with Crippen LogP contribution < -0.4 is 14.8 Å². The fourth-order valence-corrected chi connectivity index (χ4v) is 2.56. The van der Waals surface area contributed by atoms with Gasteiger partial charge in [0.15, 0.2) is 18.1 Å². The quantitative estimate of drug-likeness (QED) is 0.895. The first kappa shape index (κ1) is 15.6. The van der Waals surface area contributed by atoms with Gasteiger partial charge in [0.1, 0.15) is 0 Å². The number of benzene rings is 1. The van der Waals surface area contributed by atoms with Gasteiger partial charge in [-0.2, -0.15) is 0 Å². The average Bonchev–Trinajstić information content (AvgIpc) is 2.53. The fourth-order valence-electron chi connectivity index (χ4n) is 2.56. The largest absolute Gasteiger partial charge is 0.493 e. The molecule has 5 heteroatoms. The van der Waals surface area contributed by atoms with Crippen molar-refractivity contribution in [1.82, 2.24) is 10.2 Å². The number of carbonyl (C=O) groups excluding carboxylic acids is 1. The van der Waals surface area contributed by atoms with Crippen LogP contribution in [0.4, 0.5) is 0 Å². The number of likely N-dealkylation sites (tertiary alicyclic amines) is 1. The van der Waals surface area contributed by atoms with Gasteiger partial charge in [-0.1, -0.05) is 6.07 Å². The number of rotatable bonds is 5. The van der Waals surface area contributed by atoms with Crippen molar-refractivity contribution in [2.24, 2.45) is 0 Å². The van der Waals surface area contributed by atoms with Crippen molar-refractivity contribution in [2.75, 3.05) is 33.9 Å². The number of hydrogen-bond acceptors (Lipinski definition) is 4. The van der Waals surface area contributed by atoms with Crippen LogP contribution in [0.3, 0.4) is 0 Å². The van der Waals surface area contributed by atoms with Crippen molar-refractivity contribution < 1.29 is 14.3 Å². The molecule has 1 aliphatic heterocycles. The molecule has 1 aliphatic rings. The van der Waals surface area contributed by atoms with E-state index >= 15 is 0 Å². The Morgan fingerprint density at radius 3 is 2.95 bits per heavy atom. The second-order valence-corrected chi connectivity index (χ2v) is 5.41. The maximum atomic E-state index is 12.2. The van der Waals surface area contributed by atoms with Gasteiger partial charge in [-0.25, -0.2) is 0 Å². The van der Waals surface area contributed by atoms with Crippen molar-refractivity contribution in [3.8, 4) is 11.5 Å². The molecule has 1 aromatic carbocycles. The van der Waals surface area contributed by atoms with Crippen molar-refractivity contribution >= 4 is 5.91 Å². The van der Waals surface area contributed by atoms with Crippen LogP contribution >= 0.6 is 0 Å². The zero-order valence-corrected chi connectivity index (χ0v) is 13.0. The zero-order chi connectivity index (χ0) is 15.2. The normalized spacial score (nSPS) is 18.4. The Balaban J connectivity index is 1.92. The second kappa shape index (κ2) is 7.31. The number of hydrogen-bond donors (Lipinski definition) is 1. The first-order chi connectivity index (χ1) is 10.1. The molecule has 0 saturated carbocycles. The molecular formula is C16H24N2O3. The number of aryl methyl sites for hydroxylation is 1. The lowest BCUT2D eigenvalue weighted by atomic mass is 10.1. The van der Waals surface area contributed by atoms with Crippen molar-refractivity contribution in [2.45, 2.75) is 25.8 Å². The zero-order valence-electron chi connectivity index (χ0n) is 13.0. The summed E-state index contributed by atoms with van der Waals surface area (Å²) in [4.78, 5) is 14.1. The van der Waals surface area contributed by atoms with Gasteiger partial charge < -0.3 is 19.7 Å². The van der Waals surface area contributed by atoms with Crippen LogP contribution in [0.5, 0.6) is 11.5 Å². The van der Waals surface area contributed by atoms with Gasteiger partial charge in [0.2, 0.25) is 0 Å². The summed E-state index contributed by atoms with van der Waals surface area (Å²) < 4.78 is 10.9. The maximum Gasteiger partial charge on any atom is 0.260 e. The Labute approximate surface area is 126 Å². The van der Waals surface area contributed by atoms with Gasteiger partial charge in [-0.3, -0.25) is 4.79 Å². The third kappa shape index (κ3) is 4.11. The lowest BCUT2D eigenvalue weighted by Gasteiger charge is -2.32. The van der Waals surface area contributed by atoms with Crippen molar-refractivity contribution in [3.05, 3.63) is 23.8 Å². The molecule has 5 nitrogen and oxygen atoms in total. The number of nitrogens with one attached hydrogen (secondary N) is 1. The molecule has 2 rings (SSSR count). The highest BCUT2D eigenvalue weighted by molar-refractivity contribution is 5.78. The van der Waals surface area contributed by atoms with Crippen LogP contribution in [0, 0.1) is 6.92 Å². The number of ether oxygens (including phenoxy) is 2. The SMILES string of the molecule is CNC1CCCN(C(=O)COc2ccc(C)cc2OC)C1. The second-order valence-electron chi connectivity index (χ2n) is 5.41. The summed E-state index contributed by atoms with van der Waals surface area (Å²) in [6.07, 6.45) is 2.15. The van der Waals surface area contributed by atoms with Crippen LogP contribution in [0.2, 0.25) is 0 Å². The van der Waals surface area contributed by atoms with E-state index in [1.165, 1.54) is 0 Å². The van der Waals surface area contributed by atoms with Gasteiger partial charge in [-0.15, -0.1) is 0 Å². The highest BCUT2D eigenvalue weighted by Crippen LogP contribution is 2.27. The molecule has 0 radical (unpaired) electrons. The minimum absolute atomic E-state index is 0.0255. The topological polar surface area (TPSA) is 50.8 Å². The van der Waals surface area contributed by atoms with E-state index in [-0.39, 0.29) is 12.5 Å². The van der Waals surface area contributed by atoms with Crippen LogP contribution in [-0.4, -0.2) is 50.7 Å². The smallest absolute Gasteiger partial charge is 0.260 e. The molecule has 1 heterocycles. The standard InChI is InChI=1S/C16H24N2O3/c1-12-6-7-14(15(9-12)20-3)21-11-16(19)18-8-4-5-13(10-18)17-2/h6-7,9,13,17H,4-5,8,10-11H2,1-3H3. The summed E-state index contributed by atoms with van der Waals surface area (Å²) in [6, 6.07) is 6.07. The molecule has 116 valence electrons. The Morgan fingerprint density at radius 2 is 2.24 bits per heavy atom. The summed E-state index contributed by atoms with van der Waals surface area (Å²) in [5.74, 6) is 1.30. The van der Waals surface area contributed by atoms with Gasteiger partial charge >= 0.3 is 0 Å². The van der Waals surface area contributed by atoms with E-state index in [4.69, 9.17) is 9.47 Å². The van der Waals surface area contributed by atoms with E-state index < -0.39 is 0 Å². The molecule has 0 spiro atoms. The van der Waals surface area contributed by atoms with Gasteiger partial charge in [0.25, 0.3) is 5.91 Å². The molecule has 21 heavy (non-hydrogen) atoms. The Kier molecular flexibility index (Phi) is 5.44. The summed E-state index contributed by atoms with van der Waals surface area (Å²) in [5, 5.41) is 3.23. The minimum atomic E-state index is 0.0255. The predicted molar refractivity (Wildman–Crippen MR) is 81.9 cm³/mol. The molecule has 1 saturated heterocycles. The highest BCUT2D eigenvalue weighted by Gasteiger charge is 2.23. The van der Waals surface area contributed by atoms with E-state index in [1.807, 2.05) is 37.1 Å². The van der Waals surface area contributed by atoms with Crippen LogP contribution in [0.25, 0.3) is 0 Å². The third-order valence-corrected chi connectivity index (χ3v) is 3.85. The molecular weight excluding hydrogens is 268 g/mol. The fraction of sp³-hybridized carbons (Fsp3) is 0.562. The number of likely N-dealkylation sites (N-methyl/N-ethyl adjacent to an activating group) is 1. The van der Waals surface area contributed by atoms with Crippen LogP contribution in [-0.2, 0) is 4.79 Å². The molecule has 0 aliphatic carbocycles. The lowest BCUT2D eigenvalue weighted by Crippen LogP contribution is -2.48. The Hall–Kier alpha value is -1.75. The first-order valence-electron chi connectivity index (χ1n) is 7.36. The number of piperidine rings is 1. The Bertz CT molecular complexity index is 490. The third-order valence-electron chi connectivity index (χ3n) is 3.85. The first-order valence-corrected chi connectivity index (χ1v) is 7.36. The van der Waals surface area contributed by atoms with E-state index in [1.54, 1.807) is 7.11 Å². The molecule has 1 aromatic rings. The predicted octanol–water partition coefficient (Wildman–Crippen LogP) is 1.59. The van der Waals surface area contributed by atoms with Crippen LogP contribution in [0.1, 0.15) is 18.4 Å². The molecule has 1 amide bonds. The molecule has 0 aromatic heterocycles. The number of nitrogens with zero attached hydrogens (tertiary/aromatic N) is 1. The summed E-state index contributed by atoms with van der Waals surface area (Å²) in [5.41, 5.74) is 1.10. The van der Waals surface area contributed by atoms with Gasteiger partial charge in [-0.05, 0) is 44.5 Å². The summed E-state index contributed by atoms with van der Waals surface area (Å²) in [6.45, 7) is 3.61. The number of methoxy groups -OCH3 is 1. The lowest BCUT2D eigenvalue weighted by molar-refractivity contribution is -0.134. The van der Waals surface area contributed by atoms with Crippen molar-refractivity contribution in [3.63, 3.8) is 0 Å². The van der Waals surface area contributed by atoms with Crippen molar-refractivity contribution in [1.29, 1.82) is 0 Å². The van der Waals surface area contributed by atoms with E-state index in [2.05, 4.69) is 5.32 Å². The minimum Gasteiger partial charge on any atom is -0.493 e. The Morgan fingerprint density at radius 1 is 1.43 bits per heavy atom. The van der Waals surface area contributed by atoms with Crippen LogP contribution in [0.15, 0.2) is 18.2 Å². The maximum absolute atomic E-state index is 12.2. The number of carbonyl (C=O) groups is 1. The van der Waals surface area contributed by atoms with E-state index in [0.717, 1.165) is 31.5 Å². The molecule has 1 unspecified atom stereocenters. The molecule has 1 atom stereocenters. The van der Waals surface area contributed by atoms with E-state index in [0.29, 0.717) is 17.5 Å². The monoisotopic (exact) mass is 292 g/mol. The van der Waals surface area contributed by atoms with Gasteiger partial charge in [0.05, 0.1) is 7.11 Å². The highest BCUT2D eigenvalue weighted by atomic mass is 16.5. The average molecular weight is 292 g/mol. The number of amides is 1. The van der Waals surface area contributed by atoms with Gasteiger partial charge in [0, 0.05) is 19.1 Å². The summed E-state index contributed by atoms with van der Waals surface area (Å²) in [7, 11) is 3.54. The molecule has 1 N–H and O–H groups in total. The molecule has 0 bridgehead atoms.